The minimum atomic E-state index is -0.0316. The maximum Gasteiger partial charge on any atom is 0.194 e. The Morgan fingerprint density at radius 2 is 1.59 bits per heavy atom. The van der Waals surface area contributed by atoms with Crippen LogP contribution in [0.5, 0.6) is 0 Å². The summed E-state index contributed by atoms with van der Waals surface area (Å²) in [6.07, 6.45) is 3.22. The molecule has 1 aliphatic carbocycles. The summed E-state index contributed by atoms with van der Waals surface area (Å²) in [4.78, 5) is 29.0. The van der Waals surface area contributed by atoms with Gasteiger partial charge >= 0.3 is 0 Å². The van der Waals surface area contributed by atoms with Gasteiger partial charge in [0.25, 0.3) is 0 Å². The van der Waals surface area contributed by atoms with Crippen molar-refractivity contribution < 1.29 is 34.8 Å². The van der Waals surface area contributed by atoms with Crippen molar-refractivity contribution in [3.05, 3.63) is 100 Å². The molecule has 0 saturated heterocycles. The molecule has 1 N–H and O–H groups in total. The van der Waals surface area contributed by atoms with Gasteiger partial charge in [0.1, 0.15) is 0 Å². The summed E-state index contributed by atoms with van der Waals surface area (Å²) in [6, 6.07) is 19.6. The zero-order chi connectivity index (χ0) is 27.7. The van der Waals surface area contributed by atoms with E-state index in [1.807, 2.05) is 72.0 Å². The SMILES string of the molecule is CC(C)C(=O)/C=C(\O)C(C)C.Cc1[c-]c(-c2ncc3c4c(cccc24)C(=O)c2cc(C)ccc2-3)cc(C)c1.[Ir]. The molecule has 4 nitrogen and oxygen atoms in total. The zero-order valence-electron chi connectivity index (χ0n) is 23.5. The predicted octanol–water partition coefficient (Wildman–Crippen LogP) is 8.15. The molecule has 5 rings (SSSR count). The first-order valence-corrected chi connectivity index (χ1v) is 13.0. The number of aromatic nitrogens is 1. The van der Waals surface area contributed by atoms with Crippen LogP contribution in [0.2, 0.25) is 0 Å². The van der Waals surface area contributed by atoms with Gasteiger partial charge in [-0.1, -0.05) is 77.4 Å². The number of rotatable bonds is 4. The van der Waals surface area contributed by atoms with Crippen LogP contribution in [0.3, 0.4) is 0 Å². The van der Waals surface area contributed by atoms with Gasteiger partial charge in [0, 0.05) is 60.9 Å². The molecule has 0 fully saturated rings. The first-order valence-electron chi connectivity index (χ1n) is 13.0. The number of hydrogen-bond acceptors (Lipinski definition) is 4. The van der Waals surface area contributed by atoms with E-state index in [1.54, 1.807) is 0 Å². The number of allylic oxidation sites excluding steroid dienone is 2. The molecule has 39 heavy (non-hydrogen) atoms. The van der Waals surface area contributed by atoms with Gasteiger partial charge in [0.05, 0.1) is 5.76 Å². The number of hydrogen-bond donors (Lipinski definition) is 1. The Balaban J connectivity index is 0.000000301. The molecule has 1 heterocycles. The number of aliphatic hydroxyl groups is 1. The Kier molecular flexibility index (Phi) is 9.42. The molecule has 1 aliphatic rings. The van der Waals surface area contributed by atoms with Crippen molar-refractivity contribution in [3.63, 3.8) is 0 Å². The van der Waals surface area contributed by atoms with Crippen LogP contribution in [0.25, 0.3) is 33.2 Å². The fraction of sp³-hybridized carbons (Fsp3) is 0.265. The van der Waals surface area contributed by atoms with Crippen molar-refractivity contribution in [2.75, 3.05) is 0 Å². The number of carbonyl (C=O) groups excluding carboxylic acids is 2. The minimum absolute atomic E-state index is 0. The minimum Gasteiger partial charge on any atom is -0.512 e. The summed E-state index contributed by atoms with van der Waals surface area (Å²) < 4.78 is 0. The standard InChI is InChI=1S/C25H18NO.C9H16O2.Ir/c1-14-7-8-18-21(12-14)25(27)20-6-4-5-19-23(20)22(18)13-26-24(19)17-10-15(2)9-16(3)11-17;1-6(2)8(10)5-9(11)7(3)4;/h4-10,12-13H,1-3H3;5-7,10H,1-4H3;/q-1;;/b;8-5-;. The summed E-state index contributed by atoms with van der Waals surface area (Å²) >= 11 is 0. The molecular formula is C34H34IrNO3-. The van der Waals surface area contributed by atoms with E-state index >= 15 is 0 Å². The second-order valence-corrected chi connectivity index (χ2v) is 10.7. The number of benzene rings is 3. The van der Waals surface area contributed by atoms with E-state index in [0.29, 0.717) is 0 Å². The first kappa shape index (κ1) is 30.1. The van der Waals surface area contributed by atoms with Crippen LogP contribution in [0.1, 0.15) is 60.3 Å². The average molecular weight is 697 g/mol. The van der Waals surface area contributed by atoms with Crippen LogP contribution < -0.4 is 0 Å². The van der Waals surface area contributed by atoms with E-state index < -0.39 is 0 Å². The van der Waals surface area contributed by atoms with E-state index in [9.17, 15) is 14.7 Å². The first-order chi connectivity index (χ1) is 18.0. The Hall–Kier alpha value is -3.40. The molecule has 0 bridgehead atoms. The Morgan fingerprint density at radius 3 is 2.23 bits per heavy atom. The second kappa shape index (κ2) is 12.2. The topological polar surface area (TPSA) is 67.3 Å². The largest absolute Gasteiger partial charge is 0.512 e. The quantitative estimate of drug-likeness (QED) is 0.117. The third-order valence-corrected chi connectivity index (χ3v) is 6.72. The van der Waals surface area contributed by atoms with Gasteiger partial charge in [-0.05, 0) is 35.0 Å². The summed E-state index contributed by atoms with van der Waals surface area (Å²) in [5.41, 5.74) is 8.73. The number of aryl methyl sites for hydroxylation is 3. The Morgan fingerprint density at radius 1 is 0.872 bits per heavy atom. The van der Waals surface area contributed by atoms with Crippen LogP contribution in [0.15, 0.2) is 66.6 Å². The average Bonchev–Trinajstić information content (AvgIpc) is 2.86. The van der Waals surface area contributed by atoms with Gasteiger partial charge in [0.2, 0.25) is 0 Å². The van der Waals surface area contributed by atoms with E-state index in [0.717, 1.165) is 55.4 Å². The molecule has 3 aromatic carbocycles. The molecule has 0 saturated carbocycles. The molecule has 0 aliphatic heterocycles. The van der Waals surface area contributed by atoms with Gasteiger partial charge in [-0.2, -0.15) is 0 Å². The molecule has 0 amide bonds. The van der Waals surface area contributed by atoms with Gasteiger partial charge in [0.15, 0.2) is 11.6 Å². The monoisotopic (exact) mass is 697 g/mol. The fourth-order valence-corrected chi connectivity index (χ4v) is 4.64. The molecule has 0 atom stereocenters. The molecule has 0 unspecified atom stereocenters. The molecule has 0 spiro atoms. The summed E-state index contributed by atoms with van der Waals surface area (Å²) in [6.45, 7) is 13.5. The summed E-state index contributed by atoms with van der Waals surface area (Å²) in [7, 11) is 0. The third kappa shape index (κ3) is 6.27. The second-order valence-electron chi connectivity index (χ2n) is 10.7. The van der Waals surface area contributed by atoms with Crippen LogP contribution in [0.4, 0.5) is 0 Å². The number of pyridine rings is 1. The smallest absolute Gasteiger partial charge is 0.194 e. The van der Waals surface area contributed by atoms with Gasteiger partial charge in [-0.15, -0.1) is 34.9 Å². The number of aliphatic hydroxyl groups excluding tert-OH is 1. The van der Waals surface area contributed by atoms with E-state index in [4.69, 9.17) is 4.98 Å². The van der Waals surface area contributed by atoms with Crippen molar-refractivity contribution in [1.29, 1.82) is 0 Å². The Labute approximate surface area is 244 Å². The van der Waals surface area contributed by atoms with Crippen molar-refractivity contribution in [2.45, 2.75) is 48.5 Å². The summed E-state index contributed by atoms with van der Waals surface area (Å²) in [5.74, 6) is 0.252. The molecule has 1 radical (unpaired) electrons. The van der Waals surface area contributed by atoms with Crippen molar-refractivity contribution in [1.82, 2.24) is 4.98 Å². The maximum absolute atomic E-state index is 13.2. The number of carbonyl (C=O) groups is 2. The molecule has 1 aromatic heterocycles. The predicted molar refractivity (Wildman–Crippen MR) is 154 cm³/mol. The Bertz CT molecular complexity index is 1580. The number of nitrogens with zero attached hydrogens (tertiary/aromatic N) is 1. The third-order valence-electron chi connectivity index (χ3n) is 6.72. The van der Waals surface area contributed by atoms with Crippen LogP contribution >= 0.6 is 0 Å². The van der Waals surface area contributed by atoms with E-state index in [1.165, 1.54) is 11.6 Å². The van der Waals surface area contributed by atoms with Gasteiger partial charge in [-0.3, -0.25) is 9.59 Å². The fourth-order valence-electron chi connectivity index (χ4n) is 4.64. The maximum atomic E-state index is 13.2. The van der Waals surface area contributed by atoms with E-state index in [2.05, 4.69) is 37.3 Å². The van der Waals surface area contributed by atoms with Gasteiger partial charge in [-0.25, -0.2) is 0 Å². The molecular weight excluding hydrogens is 663 g/mol. The normalized spacial score (nSPS) is 12.1. The molecule has 5 heteroatoms. The van der Waals surface area contributed by atoms with Crippen molar-refractivity contribution in [2.24, 2.45) is 11.8 Å². The molecule has 203 valence electrons. The van der Waals surface area contributed by atoms with Crippen LogP contribution in [-0.2, 0) is 24.9 Å². The van der Waals surface area contributed by atoms with E-state index in [-0.39, 0.29) is 49.3 Å². The zero-order valence-corrected chi connectivity index (χ0v) is 25.9. The number of ketones is 2. The van der Waals surface area contributed by atoms with Gasteiger partial charge < -0.3 is 10.1 Å². The van der Waals surface area contributed by atoms with Crippen LogP contribution in [-0.4, -0.2) is 21.7 Å². The summed E-state index contributed by atoms with van der Waals surface area (Å²) in [5, 5.41) is 11.2. The number of fused-ring (bicyclic) bond motifs is 2. The van der Waals surface area contributed by atoms with Crippen molar-refractivity contribution in [3.8, 4) is 22.4 Å². The molecule has 4 aromatic rings. The van der Waals surface area contributed by atoms with Crippen molar-refractivity contribution >= 4 is 22.3 Å². The van der Waals surface area contributed by atoms with Crippen LogP contribution in [0, 0.1) is 38.7 Å².